The maximum Gasteiger partial charge on any atom is 0.0453 e. The monoisotopic (exact) mass is 193 g/mol. The summed E-state index contributed by atoms with van der Waals surface area (Å²) in [5.74, 6) is 1.79. The van der Waals surface area contributed by atoms with Gasteiger partial charge in [-0.15, -0.1) is 0 Å². The number of piperidine rings is 1. The Bertz CT molecular complexity index is 337. The number of fused-ring (bicyclic) bond motifs is 1. The molecule has 0 radical (unpaired) electrons. The molecule has 1 aromatic carbocycles. The molecule has 3 atom stereocenters. The van der Waals surface area contributed by atoms with Gasteiger partial charge in [-0.3, -0.25) is 0 Å². The summed E-state index contributed by atoms with van der Waals surface area (Å²) in [5, 5.41) is 4.44. The maximum absolute atomic E-state index is 6.15. The van der Waals surface area contributed by atoms with E-state index in [4.69, 9.17) is 11.6 Å². The molecule has 1 aliphatic heterocycles. The number of nitrogens with one attached hydrogen (secondary N) is 1. The molecule has 2 fully saturated rings. The summed E-state index contributed by atoms with van der Waals surface area (Å²) in [6.45, 7) is 1.18. The normalized spacial score (nSPS) is 35.9. The summed E-state index contributed by atoms with van der Waals surface area (Å²) in [4.78, 5) is 0. The minimum absolute atomic E-state index is 0.527. The fourth-order valence-electron chi connectivity index (χ4n) is 2.41. The average molecular weight is 194 g/mol. The lowest BCUT2D eigenvalue weighted by Gasteiger charge is -2.14. The molecule has 1 saturated carbocycles. The maximum atomic E-state index is 6.15. The predicted octanol–water partition coefficient (Wildman–Crippen LogP) is 2.62. The molecule has 3 rings (SSSR count). The standard InChI is InChI=1S/C11H12ClN/c12-10-4-2-1-3-8(10)11-9-5-7(9)6-13-11/h1-4,7,9,11,13H,5-6H2. The molecular weight excluding hydrogens is 182 g/mol. The molecule has 0 amide bonds. The van der Waals surface area contributed by atoms with E-state index in [0.717, 1.165) is 16.9 Å². The third-order valence-corrected chi connectivity index (χ3v) is 3.59. The van der Waals surface area contributed by atoms with Crippen LogP contribution < -0.4 is 5.32 Å². The highest BCUT2D eigenvalue weighted by molar-refractivity contribution is 6.31. The molecule has 1 nitrogen and oxygen atoms in total. The second-order valence-electron chi connectivity index (χ2n) is 4.07. The van der Waals surface area contributed by atoms with Crippen LogP contribution in [0.1, 0.15) is 18.0 Å². The predicted molar refractivity (Wildman–Crippen MR) is 53.8 cm³/mol. The third kappa shape index (κ3) is 1.18. The molecule has 2 aliphatic rings. The smallest absolute Gasteiger partial charge is 0.0453 e. The first-order valence-electron chi connectivity index (χ1n) is 4.84. The first kappa shape index (κ1) is 7.84. The number of halogens is 1. The molecule has 0 bridgehead atoms. The highest BCUT2D eigenvalue weighted by Crippen LogP contribution is 2.52. The van der Waals surface area contributed by atoms with E-state index in [-0.39, 0.29) is 0 Å². The van der Waals surface area contributed by atoms with E-state index in [9.17, 15) is 0 Å². The molecule has 1 N–H and O–H groups in total. The lowest BCUT2D eigenvalue weighted by atomic mass is 10.0. The fraction of sp³-hybridized carbons (Fsp3) is 0.455. The van der Waals surface area contributed by atoms with Gasteiger partial charge in [-0.05, 0) is 36.4 Å². The van der Waals surface area contributed by atoms with E-state index in [1.165, 1.54) is 18.5 Å². The van der Waals surface area contributed by atoms with Crippen molar-refractivity contribution in [2.45, 2.75) is 12.5 Å². The Morgan fingerprint density at radius 3 is 2.77 bits per heavy atom. The first-order chi connectivity index (χ1) is 6.36. The Kier molecular flexibility index (Phi) is 1.64. The average Bonchev–Trinajstić information content (AvgIpc) is 2.81. The van der Waals surface area contributed by atoms with Crippen LogP contribution >= 0.6 is 11.6 Å². The molecule has 1 aliphatic carbocycles. The van der Waals surface area contributed by atoms with Gasteiger partial charge in [0.15, 0.2) is 0 Å². The summed E-state index contributed by atoms with van der Waals surface area (Å²) in [6, 6.07) is 8.71. The van der Waals surface area contributed by atoms with Crippen LogP contribution in [0.4, 0.5) is 0 Å². The van der Waals surface area contributed by atoms with E-state index in [1.54, 1.807) is 0 Å². The number of hydrogen-bond acceptors (Lipinski definition) is 1. The molecule has 68 valence electrons. The van der Waals surface area contributed by atoms with E-state index in [2.05, 4.69) is 17.4 Å². The summed E-state index contributed by atoms with van der Waals surface area (Å²) in [7, 11) is 0. The van der Waals surface area contributed by atoms with Crippen molar-refractivity contribution >= 4 is 11.6 Å². The zero-order valence-corrected chi connectivity index (χ0v) is 8.09. The summed E-state index contributed by atoms with van der Waals surface area (Å²) >= 11 is 6.15. The van der Waals surface area contributed by atoms with Crippen LogP contribution in [0.3, 0.4) is 0 Å². The molecule has 13 heavy (non-hydrogen) atoms. The minimum atomic E-state index is 0.527. The summed E-state index contributed by atoms with van der Waals surface area (Å²) in [6.07, 6.45) is 1.39. The number of rotatable bonds is 1. The van der Waals surface area contributed by atoms with Crippen molar-refractivity contribution < 1.29 is 0 Å². The van der Waals surface area contributed by atoms with Gasteiger partial charge in [-0.1, -0.05) is 29.8 Å². The van der Waals surface area contributed by atoms with E-state index < -0.39 is 0 Å². The molecule has 2 heteroatoms. The van der Waals surface area contributed by atoms with Crippen molar-refractivity contribution in [3.63, 3.8) is 0 Å². The van der Waals surface area contributed by atoms with Gasteiger partial charge < -0.3 is 5.32 Å². The van der Waals surface area contributed by atoms with E-state index in [1.807, 2.05) is 12.1 Å². The van der Waals surface area contributed by atoms with Gasteiger partial charge in [0, 0.05) is 11.1 Å². The summed E-state index contributed by atoms with van der Waals surface area (Å²) in [5.41, 5.74) is 1.29. The highest BCUT2D eigenvalue weighted by Gasteiger charge is 2.48. The molecule has 3 unspecified atom stereocenters. The SMILES string of the molecule is Clc1ccccc1C1NCC2CC21. The Balaban J connectivity index is 1.95. The largest absolute Gasteiger partial charge is 0.309 e. The minimum Gasteiger partial charge on any atom is -0.309 e. The van der Waals surface area contributed by atoms with Gasteiger partial charge in [-0.25, -0.2) is 0 Å². The second-order valence-corrected chi connectivity index (χ2v) is 4.47. The zero-order chi connectivity index (χ0) is 8.84. The molecular formula is C11H12ClN. The molecule has 0 spiro atoms. The quantitative estimate of drug-likeness (QED) is 0.723. The molecule has 1 saturated heterocycles. The third-order valence-electron chi connectivity index (χ3n) is 3.25. The van der Waals surface area contributed by atoms with Gasteiger partial charge in [0.05, 0.1) is 0 Å². The van der Waals surface area contributed by atoms with Crippen LogP contribution in [-0.4, -0.2) is 6.54 Å². The van der Waals surface area contributed by atoms with Crippen molar-refractivity contribution in [1.82, 2.24) is 5.32 Å². The summed E-state index contributed by atoms with van der Waals surface area (Å²) < 4.78 is 0. The van der Waals surface area contributed by atoms with E-state index >= 15 is 0 Å². The van der Waals surface area contributed by atoms with Gasteiger partial charge in [-0.2, -0.15) is 0 Å². The van der Waals surface area contributed by atoms with Crippen LogP contribution in [0, 0.1) is 11.8 Å². The zero-order valence-electron chi connectivity index (χ0n) is 7.33. The Morgan fingerprint density at radius 2 is 2.15 bits per heavy atom. The fourth-order valence-corrected chi connectivity index (χ4v) is 2.66. The van der Waals surface area contributed by atoms with Gasteiger partial charge in [0.25, 0.3) is 0 Å². The Morgan fingerprint density at radius 1 is 1.31 bits per heavy atom. The lowest BCUT2D eigenvalue weighted by molar-refractivity contribution is 0.563. The highest BCUT2D eigenvalue weighted by atomic mass is 35.5. The molecule has 1 aromatic rings. The van der Waals surface area contributed by atoms with Crippen LogP contribution in [0.25, 0.3) is 0 Å². The molecule has 0 aromatic heterocycles. The van der Waals surface area contributed by atoms with Crippen molar-refractivity contribution in [1.29, 1.82) is 0 Å². The van der Waals surface area contributed by atoms with Crippen molar-refractivity contribution in [2.75, 3.05) is 6.54 Å². The van der Waals surface area contributed by atoms with Gasteiger partial charge >= 0.3 is 0 Å². The lowest BCUT2D eigenvalue weighted by Crippen LogP contribution is -2.18. The Hall–Kier alpha value is -0.530. The van der Waals surface area contributed by atoms with Crippen molar-refractivity contribution in [3.05, 3.63) is 34.9 Å². The van der Waals surface area contributed by atoms with Gasteiger partial charge in [0.1, 0.15) is 0 Å². The van der Waals surface area contributed by atoms with Crippen LogP contribution in [0.2, 0.25) is 5.02 Å². The molecule has 1 heterocycles. The van der Waals surface area contributed by atoms with Crippen molar-refractivity contribution in [3.8, 4) is 0 Å². The van der Waals surface area contributed by atoms with E-state index in [0.29, 0.717) is 6.04 Å². The van der Waals surface area contributed by atoms with Gasteiger partial charge in [0.2, 0.25) is 0 Å². The van der Waals surface area contributed by atoms with Crippen LogP contribution in [-0.2, 0) is 0 Å². The van der Waals surface area contributed by atoms with Crippen LogP contribution in [0.5, 0.6) is 0 Å². The Labute approximate surface area is 83.1 Å². The second kappa shape index (κ2) is 2.73. The number of benzene rings is 1. The van der Waals surface area contributed by atoms with Crippen LogP contribution in [0.15, 0.2) is 24.3 Å². The topological polar surface area (TPSA) is 12.0 Å². The van der Waals surface area contributed by atoms with Crippen molar-refractivity contribution in [2.24, 2.45) is 11.8 Å². The first-order valence-corrected chi connectivity index (χ1v) is 5.22. The number of hydrogen-bond donors (Lipinski definition) is 1.